The van der Waals surface area contributed by atoms with Crippen LogP contribution in [0.15, 0.2) is 28.9 Å². The Hall–Kier alpha value is -2.37. The number of nitrogens with zero attached hydrogens (tertiary/aromatic N) is 2. The Morgan fingerprint density at radius 3 is 2.67 bits per heavy atom. The van der Waals surface area contributed by atoms with Crippen molar-refractivity contribution < 1.29 is 14.3 Å². The molecule has 0 aliphatic carbocycles. The van der Waals surface area contributed by atoms with E-state index in [0.717, 1.165) is 11.5 Å². The first-order valence-electron chi connectivity index (χ1n) is 5.44. The van der Waals surface area contributed by atoms with Crippen molar-refractivity contribution >= 4 is 11.8 Å². The number of hydrogen-bond donors (Lipinski definition) is 2. The van der Waals surface area contributed by atoms with Gasteiger partial charge in [0, 0.05) is 0 Å². The van der Waals surface area contributed by atoms with Gasteiger partial charge in [0.25, 0.3) is 0 Å². The highest BCUT2D eigenvalue weighted by Gasteiger charge is 2.11. The van der Waals surface area contributed by atoms with E-state index in [4.69, 9.17) is 9.52 Å². The summed E-state index contributed by atoms with van der Waals surface area (Å²) >= 11 is 0. The van der Waals surface area contributed by atoms with Gasteiger partial charge in [-0.15, -0.1) is 0 Å². The molecule has 0 aromatic carbocycles. The molecule has 2 N–H and O–H groups in total. The second kappa shape index (κ2) is 4.87. The summed E-state index contributed by atoms with van der Waals surface area (Å²) in [6, 6.07) is 3.70. The van der Waals surface area contributed by atoms with Gasteiger partial charge in [-0.1, -0.05) is 0 Å². The predicted octanol–water partition coefficient (Wildman–Crippen LogP) is 2.25. The molecule has 0 saturated heterocycles. The summed E-state index contributed by atoms with van der Waals surface area (Å²) < 4.78 is 5.47. The highest BCUT2D eigenvalue weighted by Crippen LogP contribution is 2.19. The van der Waals surface area contributed by atoms with Crippen LogP contribution in [-0.4, -0.2) is 21.0 Å². The van der Waals surface area contributed by atoms with Gasteiger partial charge in [0.05, 0.1) is 18.4 Å². The Labute approximate surface area is 104 Å². The zero-order valence-corrected chi connectivity index (χ0v) is 10.0. The molecule has 0 fully saturated rings. The van der Waals surface area contributed by atoms with Crippen LogP contribution in [0.4, 0.5) is 5.82 Å². The van der Waals surface area contributed by atoms with E-state index < -0.39 is 5.97 Å². The molecule has 94 valence electrons. The van der Waals surface area contributed by atoms with Gasteiger partial charge in [-0.05, 0) is 26.0 Å². The first-order valence-corrected chi connectivity index (χ1v) is 5.44. The number of aromatic nitrogens is 2. The molecule has 18 heavy (non-hydrogen) atoms. The number of carboxylic acid groups (broad SMARTS) is 1. The molecule has 0 spiro atoms. The van der Waals surface area contributed by atoms with Gasteiger partial charge < -0.3 is 14.8 Å². The third-order valence-electron chi connectivity index (χ3n) is 2.42. The summed E-state index contributed by atoms with van der Waals surface area (Å²) in [7, 11) is 0. The van der Waals surface area contributed by atoms with Crippen LogP contribution in [0.1, 0.15) is 35.0 Å². The Morgan fingerprint density at radius 1 is 1.39 bits per heavy atom. The van der Waals surface area contributed by atoms with E-state index in [2.05, 4.69) is 15.3 Å². The van der Waals surface area contributed by atoms with E-state index in [-0.39, 0.29) is 11.7 Å². The summed E-state index contributed by atoms with van der Waals surface area (Å²) in [5.74, 6) is 1.04. The third kappa shape index (κ3) is 2.65. The summed E-state index contributed by atoms with van der Waals surface area (Å²) in [6.07, 6.45) is 2.60. The number of anilines is 1. The fourth-order valence-corrected chi connectivity index (χ4v) is 1.49. The van der Waals surface area contributed by atoms with Crippen LogP contribution in [0.25, 0.3) is 0 Å². The molecule has 6 heteroatoms. The summed E-state index contributed by atoms with van der Waals surface area (Å²) in [4.78, 5) is 18.4. The molecule has 0 aliphatic rings. The Morgan fingerprint density at radius 2 is 2.17 bits per heavy atom. The van der Waals surface area contributed by atoms with Gasteiger partial charge in [-0.25, -0.2) is 14.8 Å². The monoisotopic (exact) mass is 247 g/mol. The minimum Gasteiger partial charge on any atom is -0.476 e. The average Bonchev–Trinajstić information content (AvgIpc) is 2.76. The van der Waals surface area contributed by atoms with E-state index in [1.807, 2.05) is 26.0 Å². The van der Waals surface area contributed by atoms with Gasteiger partial charge in [0.15, 0.2) is 5.69 Å². The molecule has 2 heterocycles. The fourth-order valence-electron chi connectivity index (χ4n) is 1.49. The first-order chi connectivity index (χ1) is 8.56. The molecule has 1 atom stereocenters. The lowest BCUT2D eigenvalue weighted by Crippen LogP contribution is -2.09. The number of hydrogen-bond acceptors (Lipinski definition) is 5. The minimum absolute atomic E-state index is 0.0660. The minimum atomic E-state index is -1.09. The van der Waals surface area contributed by atoms with E-state index in [1.54, 1.807) is 0 Å². The second-order valence-corrected chi connectivity index (χ2v) is 3.91. The quantitative estimate of drug-likeness (QED) is 0.861. The van der Waals surface area contributed by atoms with Crippen molar-refractivity contribution in [2.24, 2.45) is 0 Å². The molecular formula is C12H13N3O3. The van der Waals surface area contributed by atoms with Gasteiger partial charge in [0.1, 0.15) is 17.3 Å². The topological polar surface area (TPSA) is 88.2 Å². The molecule has 2 rings (SSSR count). The first kappa shape index (κ1) is 12.1. The zero-order chi connectivity index (χ0) is 13.1. The Bertz CT molecular complexity index is 548. The van der Waals surface area contributed by atoms with Crippen LogP contribution in [0.2, 0.25) is 0 Å². The highest BCUT2D eigenvalue weighted by molar-refractivity contribution is 5.84. The van der Waals surface area contributed by atoms with E-state index in [0.29, 0.717) is 5.82 Å². The smallest absolute Gasteiger partial charge is 0.356 e. The molecule has 0 aliphatic heterocycles. The molecule has 0 radical (unpaired) electrons. The van der Waals surface area contributed by atoms with Crippen LogP contribution in [0, 0.1) is 6.92 Å². The molecule has 0 saturated carbocycles. The molecule has 0 amide bonds. The third-order valence-corrected chi connectivity index (χ3v) is 2.42. The normalized spacial score (nSPS) is 12.1. The van der Waals surface area contributed by atoms with E-state index in [1.165, 1.54) is 12.4 Å². The van der Waals surface area contributed by atoms with Crippen LogP contribution in [-0.2, 0) is 0 Å². The van der Waals surface area contributed by atoms with Crippen LogP contribution in [0.5, 0.6) is 0 Å². The summed E-state index contributed by atoms with van der Waals surface area (Å²) in [5.41, 5.74) is -0.0814. The SMILES string of the molecule is Cc1ccc(C(C)Nc2cnc(C(=O)O)cn2)o1. The lowest BCUT2D eigenvalue weighted by molar-refractivity contribution is 0.0690. The Balaban J connectivity index is 2.07. The Kier molecular flexibility index (Phi) is 3.27. The largest absolute Gasteiger partial charge is 0.476 e. The number of aromatic carboxylic acids is 1. The van der Waals surface area contributed by atoms with Gasteiger partial charge in [0.2, 0.25) is 0 Å². The van der Waals surface area contributed by atoms with Crippen molar-refractivity contribution in [2.45, 2.75) is 19.9 Å². The number of carbonyl (C=O) groups is 1. The molecule has 0 bridgehead atoms. The molecule has 2 aromatic rings. The summed E-state index contributed by atoms with van der Waals surface area (Å²) in [5, 5.41) is 11.8. The fraction of sp³-hybridized carbons (Fsp3) is 0.250. The van der Waals surface area contributed by atoms with E-state index >= 15 is 0 Å². The number of carboxylic acids is 1. The summed E-state index contributed by atoms with van der Waals surface area (Å²) in [6.45, 7) is 3.79. The standard InChI is InChI=1S/C12H13N3O3/c1-7-3-4-10(18-7)8(2)15-11-6-13-9(5-14-11)12(16)17/h3-6,8H,1-2H3,(H,14,15)(H,16,17). The average molecular weight is 247 g/mol. The van der Waals surface area contributed by atoms with Crippen molar-refractivity contribution in [3.8, 4) is 0 Å². The predicted molar refractivity (Wildman–Crippen MR) is 64.5 cm³/mol. The maximum atomic E-state index is 10.6. The second-order valence-electron chi connectivity index (χ2n) is 3.91. The van der Waals surface area contributed by atoms with Crippen molar-refractivity contribution in [2.75, 3.05) is 5.32 Å². The number of furan rings is 1. The number of aryl methyl sites for hydroxylation is 1. The highest BCUT2D eigenvalue weighted by atomic mass is 16.4. The number of nitrogens with one attached hydrogen (secondary N) is 1. The van der Waals surface area contributed by atoms with E-state index in [9.17, 15) is 4.79 Å². The van der Waals surface area contributed by atoms with Crippen molar-refractivity contribution in [1.29, 1.82) is 0 Å². The van der Waals surface area contributed by atoms with Gasteiger partial charge >= 0.3 is 5.97 Å². The lowest BCUT2D eigenvalue weighted by Gasteiger charge is -2.11. The van der Waals surface area contributed by atoms with Crippen molar-refractivity contribution in [3.05, 3.63) is 41.7 Å². The molecular weight excluding hydrogens is 234 g/mol. The number of rotatable bonds is 4. The maximum absolute atomic E-state index is 10.6. The molecule has 6 nitrogen and oxygen atoms in total. The maximum Gasteiger partial charge on any atom is 0.356 e. The molecule has 1 unspecified atom stereocenters. The van der Waals surface area contributed by atoms with Crippen LogP contribution >= 0.6 is 0 Å². The zero-order valence-electron chi connectivity index (χ0n) is 10.0. The van der Waals surface area contributed by atoms with Crippen LogP contribution < -0.4 is 5.32 Å². The van der Waals surface area contributed by atoms with Gasteiger partial charge in [-0.3, -0.25) is 0 Å². The van der Waals surface area contributed by atoms with Crippen molar-refractivity contribution in [3.63, 3.8) is 0 Å². The van der Waals surface area contributed by atoms with Crippen molar-refractivity contribution in [1.82, 2.24) is 9.97 Å². The molecule has 2 aromatic heterocycles. The van der Waals surface area contributed by atoms with Gasteiger partial charge in [-0.2, -0.15) is 0 Å². The van der Waals surface area contributed by atoms with Crippen LogP contribution in [0.3, 0.4) is 0 Å². The lowest BCUT2D eigenvalue weighted by atomic mass is 10.2.